The van der Waals surface area contributed by atoms with E-state index in [1.165, 1.54) is 25.1 Å². The number of para-hydroxylation sites is 2. The van der Waals surface area contributed by atoms with E-state index in [1.54, 1.807) is 48.5 Å². The number of hydrogen-bond donors (Lipinski definition) is 2. The molecule has 10 nitrogen and oxygen atoms in total. The number of nitrogens with one attached hydrogen (secondary N) is 2. The molecule has 0 bridgehead atoms. The fourth-order valence-corrected chi connectivity index (χ4v) is 4.62. The first-order valence-corrected chi connectivity index (χ1v) is 11.7. The highest BCUT2D eigenvalue weighted by Crippen LogP contribution is 2.27. The maximum absolute atomic E-state index is 13.1. The molecule has 0 saturated heterocycles. The van der Waals surface area contributed by atoms with Crippen LogP contribution in [0.1, 0.15) is 12.6 Å². The fraction of sp³-hybridized carbons (Fsp3) is 0.0870. The van der Waals surface area contributed by atoms with E-state index in [2.05, 4.69) is 20.6 Å². The summed E-state index contributed by atoms with van der Waals surface area (Å²) >= 11 is 0. The van der Waals surface area contributed by atoms with Crippen molar-refractivity contribution in [1.29, 1.82) is 0 Å². The molecule has 0 saturated carbocycles. The first kappa shape index (κ1) is 22.8. The van der Waals surface area contributed by atoms with Crippen molar-refractivity contribution in [3.8, 4) is 0 Å². The minimum Gasteiger partial charge on any atom is -0.339 e. The number of sulfone groups is 1. The summed E-state index contributed by atoms with van der Waals surface area (Å²) in [5.41, 5.74) is 2.00. The van der Waals surface area contributed by atoms with Gasteiger partial charge in [0, 0.05) is 30.4 Å². The molecular formula is C23H19N5O5S. The maximum atomic E-state index is 13.1. The number of rotatable bonds is 7. The smallest absolute Gasteiger partial charge is 0.270 e. The van der Waals surface area contributed by atoms with Crippen molar-refractivity contribution in [3.63, 3.8) is 0 Å². The van der Waals surface area contributed by atoms with Gasteiger partial charge in [-0.05, 0) is 36.4 Å². The summed E-state index contributed by atoms with van der Waals surface area (Å²) in [7, 11) is -3.98. The lowest BCUT2D eigenvalue weighted by molar-refractivity contribution is -0.385. The normalized spacial score (nSPS) is 11.2. The molecule has 0 aliphatic carbocycles. The number of carbonyl (C=O) groups is 1. The van der Waals surface area contributed by atoms with E-state index in [-0.39, 0.29) is 28.0 Å². The Bertz CT molecular complexity index is 1520. The average molecular weight is 478 g/mol. The predicted molar refractivity (Wildman–Crippen MR) is 128 cm³/mol. The first-order chi connectivity index (χ1) is 16.2. The predicted octanol–water partition coefficient (Wildman–Crippen LogP) is 4.21. The van der Waals surface area contributed by atoms with Crippen LogP contribution in [0.25, 0.3) is 11.0 Å². The molecule has 0 unspecified atom stereocenters. The van der Waals surface area contributed by atoms with Crippen molar-refractivity contribution in [2.24, 2.45) is 0 Å². The van der Waals surface area contributed by atoms with Crippen LogP contribution in [-0.2, 0) is 20.4 Å². The molecule has 11 heteroatoms. The SMILES string of the molecule is CC(=O)Nc1cccc(Nc2nc3ccccc3nc2CS(=O)(=O)c2cccc([N+](=O)[O-])c2)c1. The van der Waals surface area contributed by atoms with Gasteiger partial charge in [0.15, 0.2) is 15.7 Å². The van der Waals surface area contributed by atoms with Gasteiger partial charge in [-0.2, -0.15) is 0 Å². The molecule has 34 heavy (non-hydrogen) atoms. The van der Waals surface area contributed by atoms with E-state index in [1.807, 2.05) is 0 Å². The van der Waals surface area contributed by atoms with Gasteiger partial charge in [-0.15, -0.1) is 0 Å². The number of amides is 1. The second kappa shape index (κ2) is 9.24. The van der Waals surface area contributed by atoms with Crippen LogP contribution in [0.3, 0.4) is 0 Å². The van der Waals surface area contributed by atoms with Gasteiger partial charge < -0.3 is 10.6 Å². The van der Waals surface area contributed by atoms with Gasteiger partial charge in [0.1, 0.15) is 5.75 Å². The molecule has 3 aromatic carbocycles. The van der Waals surface area contributed by atoms with Gasteiger partial charge in [0.05, 0.1) is 26.5 Å². The number of nitro benzene ring substituents is 1. The lowest BCUT2D eigenvalue weighted by Crippen LogP contribution is -2.11. The van der Waals surface area contributed by atoms with Gasteiger partial charge >= 0.3 is 0 Å². The molecule has 4 aromatic rings. The van der Waals surface area contributed by atoms with Crippen molar-refractivity contribution < 1.29 is 18.1 Å². The zero-order valence-electron chi connectivity index (χ0n) is 17.9. The molecule has 0 aliphatic heterocycles. The van der Waals surface area contributed by atoms with Crippen molar-refractivity contribution in [2.45, 2.75) is 17.6 Å². The second-order valence-corrected chi connectivity index (χ2v) is 9.40. The van der Waals surface area contributed by atoms with Gasteiger partial charge in [0.2, 0.25) is 5.91 Å². The monoisotopic (exact) mass is 477 g/mol. The summed E-state index contributed by atoms with van der Waals surface area (Å²) in [6.07, 6.45) is 0. The van der Waals surface area contributed by atoms with Crippen LogP contribution in [0, 0.1) is 10.1 Å². The summed E-state index contributed by atoms with van der Waals surface area (Å²) in [6, 6.07) is 18.7. The second-order valence-electron chi connectivity index (χ2n) is 7.41. The summed E-state index contributed by atoms with van der Waals surface area (Å²) < 4.78 is 26.3. The summed E-state index contributed by atoms with van der Waals surface area (Å²) in [4.78, 5) is 30.7. The Labute approximate surface area is 194 Å². The molecule has 172 valence electrons. The third-order valence-electron chi connectivity index (χ3n) is 4.80. The van der Waals surface area contributed by atoms with Crippen molar-refractivity contribution in [2.75, 3.05) is 10.6 Å². The molecule has 1 amide bonds. The minimum atomic E-state index is -3.98. The van der Waals surface area contributed by atoms with Crippen molar-refractivity contribution in [1.82, 2.24) is 9.97 Å². The number of hydrogen-bond acceptors (Lipinski definition) is 8. The molecule has 0 atom stereocenters. The molecule has 2 N–H and O–H groups in total. The van der Waals surface area contributed by atoms with Crippen LogP contribution in [0.5, 0.6) is 0 Å². The number of carbonyl (C=O) groups excluding carboxylic acids is 1. The van der Waals surface area contributed by atoms with Gasteiger partial charge in [-0.25, -0.2) is 18.4 Å². The Hall–Kier alpha value is -4.38. The van der Waals surface area contributed by atoms with Gasteiger partial charge in [0.25, 0.3) is 5.69 Å². The van der Waals surface area contributed by atoms with Crippen LogP contribution in [0.15, 0.2) is 77.7 Å². The van der Waals surface area contributed by atoms with Crippen molar-refractivity contribution in [3.05, 3.63) is 88.6 Å². The molecule has 4 rings (SSSR count). The molecule has 0 spiro atoms. The number of aromatic nitrogens is 2. The number of fused-ring (bicyclic) bond motifs is 1. The van der Waals surface area contributed by atoms with Crippen LogP contribution < -0.4 is 10.6 Å². The van der Waals surface area contributed by atoms with E-state index in [9.17, 15) is 23.3 Å². The highest BCUT2D eigenvalue weighted by atomic mass is 32.2. The first-order valence-electron chi connectivity index (χ1n) is 10.1. The Kier molecular flexibility index (Phi) is 6.19. The number of anilines is 3. The minimum absolute atomic E-state index is 0.148. The summed E-state index contributed by atoms with van der Waals surface area (Å²) in [6.45, 7) is 1.39. The Morgan fingerprint density at radius 3 is 2.32 bits per heavy atom. The molecule has 0 aliphatic rings. The molecule has 0 fully saturated rings. The maximum Gasteiger partial charge on any atom is 0.270 e. The molecule has 1 heterocycles. The van der Waals surface area contributed by atoms with Crippen molar-refractivity contribution >= 4 is 49.7 Å². The van der Waals surface area contributed by atoms with E-state index in [0.717, 1.165) is 6.07 Å². The van der Waals surface area contributed by atoms with Crippen LogP contribution in [0.4, 0.5) is 22.9 Å². The highest BCUT2D eigenvalue weighted by molar-refractivity contribution is 7.90. The number of nitrogens with zero attached hydrogens (tertiary/aromatic N) is 3. The molecular weight excluding hydrogens is 458 g/mol. The topological polar surface area (TPSA) is 144 Å². The van der Waals surface area contributed by atoms with E-state index in [0.29, 0.717) is 22.4 Å². The molecule has 1 aromatic heterocycles. The zero-order valence-corrected chi connectivity index (χ0v) is 18.7. The van der Waals surface area contributed by atoms with Gasteiger partial charge in [-0.3, -0.25) is 14.9 Å². The number of nitro groups is 1. The third kappa shape index (κ3) is 5.15. The van der Waals surface area contributed by atoms with Crippen LogP contribution in [-0.4, -0.2) is 29.2 Å². The summed E-state index contributed by atoms with van der Waals surface area (Å²) in [5.74, 6) is -0.543. The third-order valence-corrected chi connectivity index (χ3v) is 6.43. The lowest BCUT2D eigenvalue weighted by atomic mass is 10.2. The molecule has 0 radical (unpaired) electrons. The Morgan fingerprint density at radius 2 is 1.62 bits per heavy atom. The van der Waals surface area contributed by atoms with E-state index < -0.39 is 20.5 Å². The lowest BCUT2D eigenvalue weighted by Gasteiger charge is -2.13. The quantitative estimate of drug-likeness (QED) is 0.297. The number of benzene rings is 3. The average Bonchev–Trinajstić information content (AvgIpc) is 2.79. The Morgan fingerprint density at radius 1 is 0.941 bits per heavy atom. The largest absolute Gasteiger partial charge is 0.339 e. The van der Waals surface area contributed by atoms with Gasteiger partial charge in [-0.1, -0.05) is 24.3 Å². The Balaban J connectivity index is 1.75. The van der Waals surface area contributed by atoms with E-state index >= 15 is 0 Å². The standard InChI is InChI=1S/C23H19N5O5S/c1-15(29)24-16-6-4-7-17(12-16)25-23-22(26-20-10-2-3-11-21(20)27-23)14-34(32,33)19-9-5-8-18(13-19)28(30)31/h2-13H,14H2,1H3,(H,24,29)(H,25,27). The fourth-order valence-electron chi connectivity index (χ4n) is 3.31. The summed E-state index contributed by atoms with van der Waals surface area (Å²) in [5, 5.41) is 16.9. The zero-order chi connectivity index (χ0) is 24.3. The number of non-ortho nitro benzene ring substituents is 1. The highest BCUT2D eigenvalue weighted by Gasteiger charge is 2.22. The van der Waals surface area contributed by atoms with Crippen LogP contribution in [0.2, 0.25) is 0 Å². The van der Waals surface area contributed by atoms with E-state index in [4.69, 9.17) is 0 Å². The van der Waals surface area contributed by atoms with Crippen LogP contribution >= 0.6 is 0 Å².